The lowest BCUT2D eigenvalue weighted by molar-refractivity contribution is -0.157. The summed E-state index contributed by atoms with van der Waals surface area (Å²) in [7, 11) is 0. The summed E-state index contributed by atoms with van der Waals surface area (Å²) in [5, 5.41) is 0. The number of Topliss-reactive ketones (excluding diaryl/α,β-unsaturated/α-hetero) is 1. The number of hydrogen-bond donors (Lipinski definition) is 0. The van der Waals surface area contributed by atoms with Crippen LogP contribution in [0.5, 0.6) is 0 Å². The van der Waals surface area contributed by atoms with E-state index < -0.39 is 29.5 Å². The minimum absolute atomic E-state index is 0.0796. The standard InChI is InChI=1S/C23H19NO6/c25-19(16-7-3-1-4-8-16)15-18(21(27)24-13-14-29-22(24)28)23(12-11-20(26)30-23)17-9-5-2-6-10-17/h1-12,18H,13-15H2/t18-,23-/m1/s1. The number of esters is 1. The van der Waals surface area contributed by atoms with Gasteiger partial charge in [-0.3, -0.25) is 9.59 Å². The average molecular weight is 405 g/mol. The molecule has 1 fully saturated rings. The Morgan fingerprint density at radius 2 is 1.67 bits per heavy atom. The van der Waals surface area contributed by atoms with Gasteiger partial charge in [-0.25, -0.2) is 14.5 Å². The zero-order valence-corrected chi connectivity index (χ0v) is 16.0. The SMILES string of the molecule is O=C1C=C[C@@](c2ccccc2)([C@H](CC(=O)c2ccccc2)C(=O)N2CCOC2=O)O1. The van der Waals surface area contributed by atoms with Gasteiger partial charge in [-0.15, -0.1) is 0 Å². The van der Waals surface area contributed by atoms with Gasteiger partial charge >= 0.3 is 12.1 Å². The fourth-order valence-electron chi connectivity index (χ4n) is 3.80. The Morgan fingerprint density at radius 3 is 2.23 bits per heavy atom. The molecule has 152 valence electrons. The molecular weight excluding hydrogens is 386 g/mol. The number of amides is 2. The van der Waals surface area contributed by atoms with Crippen LogP contribution in [0.3, 0.4) is 0 Å². The molecule has 2 aliphatic heterocycles. The van der Waals surface area contributed by atoms with Crippen LogP contribution in [-0.2, 0) is 24.7 Å². The van der Waals surface area contributed by atoms with E-state index >= 15 is 0 Å². The lowest BCUT2D eigenvalue weighted by atomic mass is 9.77. The summed E-state index contributed by atoms with van der Waals surface area (Å²) in [6.45, 7) is 0.161. The Kier molecular flexibility index (Phi) is 5.18. The fourth-order valence-corrected chi connectivity index (χ4v) is 3.80. The van der Waals surface area contributed by atoms with Crippen LogP contribution < -0.4 is 0 Å². The summed E-state index contributed by atoms with van der Waals surface area (Å²) in [6, 6.07) is 17.3. The monoisotopic (exact) mass is 405 g/mol. The van der Waals surface area contributed by atoms with E-state index in [0.717, 1.165) is 4.90 Å². The first-order chi connectivity index (χ1) is 14.5. The summed E-state index contributed by atoms with van der Waals surface area (Å²) in [6.07, 6.45) is 1.71. The van der Waals surface area contributed by atoms with Crippen LogP contribution in [-0.4, -0.2) is 41.8 Å². The summed E-state index contributed by atoms with van der Waals surface area (Å²) in [5.41, 5.74) is -0.530. The normalized spacial score (nSPS) is 21.3. The predicted molar refractivity (Wildman–Crippen MR) is 105 cm³/mol. The van der Waals surface area contributed by atoms with Gasteiger partial charge in [0.1, 0.15) is 6.61 Å². The second-order valence-electron chi connectivity index (χ2n) is 7.06. The van der Waals surface area contributed by atoms with Gasteiger partial charge in [0.2, 0.25) is 5.91 Å². The Labute approximate surface area is 172 Å². The van der Waals surface area contributed by atoms with Gasteiger partial charge in [-0.2, -0.15) is 0 Å². The van der Waals surface area contributed by atoms with Crippen LogP contribution in [0.15, 0.2) is 72.8 Å². The topological polar surface area (TPSA) is 90.0 Å². The van der Waals surface area contributed by atoms with E-state index in [9.17, 15) is 19.2 Å². The molecule has 0 saturated carbocycles. The number of cyclic esters (lactones) is 2. The lowest BCUT2D eigenvalue weighted by Crippen LogP contribution is -2.48. The number of hydrogen-bond acceptors (Lipinski definition) is 6. The Balaban J connectivity index is 1.78. The van der Waals surface area contributed by atoms with Crippen molar-refractivity contribution in [2.24, 2.45) is 5.92 Å². The number of ketones is 1. The Bertz CT molecular complexity index is 1020. The molecule has 0 unspecified atom stereocenters. The molecule has 0 spiro atoms. The van der Waals surface area contributed by atoms with Crippen LogP contribution >= 0.6 is 0 Å². The molecule has 2 aromatic carbocycles. The molecule has 4 rings (SSSR count). The van der Waals surface area contributed by atoms with Gasteiger partial charge in [-0.1, -0.05) is 60.7 Å². The highest BCUT2D eigenvalue weighted by atomic mass is 16.6. The van der Waals surface area contributed by atoms with Crippen LogP contribution in [0.1, 0.15) is 22.3 Å². The highest BCUT2D eigenvalue weighted by molar-refractivity contribution is 6.02. The summed E-state index contributed by atoms with van der Waals surface area (Å²) in [5.74, 6) is -2.67. The Morgan fingerprint density at radius 1 is 1.00 bits per heavy atom. The highest BCUT2D eigenvalue weighted by Crippen LogP contribution is 2.42. The van der Waals surface area contributed by atoms with E-state index in [4.69, 9.17) is 9.47 Å². The molecule has 2 atom stereocenters. The molecular formula is C23H19NO6. The number of imide groups is 1. The lowest BCUT2D eigenvalue weighted by Gasteiger charge is -2.35. The van der Waals surface area contributed by atoms with Crippen molar-refractivity contribution in [3.05, 3.63) is 83.9 Å². The van der Waals surface area contributed by atoms with Crippen molar-refractivity contribution < 1.29 is 28.7 Å². The number of carbonyl (C=O) groups is 4. The van der Waals surface area contributed by atoms with Crippen molar-refractivity contribution in [2.75, 3.05) is 13.2 Å². The fraction of sp³-hybridized carbons (Fsp3) is 0.217. The van der Waals surface area contributed by atoms with Gasteiger partial charge < -0.3 is 9.47 Å². The van der Waals surface area contributed by atoms with Gasteiger partial charge in [0.15, 0.2) is 11.4 Å². The molecule has 7 heteroatoms. The van der Waals surface area contributed by atoms with Crippen molar-refractivity contribution in [1.29, 1.82) is 0 Å². The molecule has 0 bridgehead atoms. The Hall–Kier alpha value is -3.74. The van der Waals surface area contributed by atoms with Crippen LogP contribution in [0.25, 0.3) is 0 Å². The maximum Gasteiger partial charge on any atom is 0.416 e. The van der Waals surface area contributed by atoms with Gasteiger partial charge in [-0.05, 0) is 6.08 Å². The quantitative estimate of drug-likeness (QED) is 0.542. The molecule has 2 aliphatic rings. The zero-order valence-electron chi connectivity index (χ0n) is 16.0. The molecule has 0 radical (unpaired) electrons. The van der Waals surface area contributed by atoms with E-state index in [2.05, 4.69) is 0 Å². The number of nitrogens with zero attached hydrogens (tertiary/aromatic N) is 1. The average Bonchev–Trinajstić information content (AvgIpc) is 3.39. The largest absolute Gasteiger partial charge is 0.447 e. The first-order valence-corrected chi connectivity index (χ1v) is 9.55. The molecule has 30 heavy (non-hydrogen) atoms. The summed E-state index contributed by atoms with van der Waals surface area (Å²) < 4.78 is 10.6. The number of carbonyl (C=O) groups excluding carboxylic acids is 4. The van der Waals surface area contributed by atoms with E-state index in [1.165, 1.54) is 12.2 Å². The number of benzene rings is 2. The van der Waals surface area contributed by atoms with Crippen LogP contribution in [0.4, 0.5) is 4.79 Å². The van der Waals surface area contributed by atoms with Crippen LogP contribution in [0.2, 0.25) is 0 Å². The second-order valence-corrected chi connectivity index (χ2v) is 7.06. The number of ether oxygens (including phenoxy) is 2. The third kappa shape index (κ3) is 3.50. The van der Waals surface area contributed by atoms with E-state index in [1.807, 2.05) is 0 Å². The molecule has 2 heterocycles. The van der Waals surface area contributed by atoms with Crippen molar-refractivity contribution in [3.63, 3.8) is 0 Å². The summed E-state index contributed by atoms with van der Waals surface area (Å²) >= 11 is 0. The van der Waals surface area contributed by atoms with Crippen molar-refractivity contribution in [1.82, 2.24) is 4.90 Å². The molecule has 7 nitrogen and oxygen atoms in total. The molecule has 0 aromatic heterocycles. The minimum Gasteiger partial charge on any atom is -0.447 e. The first-order valence-electron chi connectivity index (χ1n) is 9.55. The van der Waals surface area contributed by atoms with Crippen molar-refractivity contribution in [2.45, 2.75) is 12.0 Å². The van der Waals surface area contributed by atoms with Crippen molar-refractivity contribution >= 4 is 23.8 Å². The first kappa shape index (κ1) is 19.6. The zero-order chi connectivity index (χ0) is 21.1. The predicted octanol–water partition coefficient (Wildman–Crippen LogP) is 2.86. The molecule has 2 aromatic rings. The summed E-state index contributed by atoms with van der Waals surface area (Å²) in [4.78, 5) is 51.6. The molecule has 0 aliphatic carbocycles. The van der Waals surface area contributed by atoms with Crippen molar-refractivity contribution in [3.8, 4) is 0 Å². The molecule has 0 N–H and O–H groups in total. The van der Waals surface area contributed by atoms with E-state index in [0.29, 0.717) is 11.1 Å². The van der Waals surface area contributed by atoms with Crippen LogP contribution in [0, 0.1) is 5.92 Å². The van der Waals surface area contributed by atoms with E-state index in [1.54, 1.807) is 60.7 Å². The third-order valence-electron chi connectivity index (χ3n) is 5.29. The smallest absolute Gasteiger partial charge is 0.416 e. The third-order valence-corrected chi connectivity index (χ3v) is 5.29. The van der Waals surface area contributed by atoms with Gasteiger partial charge in [0.25, 0.3) is 0 Å². The van der Waals surface area contributed by atoms with Gasteiger partial charge in [0.05, 0.1) is 12.5 Å². The number of rotatable bonds is 6. The van der Waals surface area contributed by atoms with E-state index in [-0.39, 0.29) is 25.4 Å². The molecule has 2 amide bonds. The minimum atomic E-state index is -1.50. The highest BCUT2D eigenvalue weighted by Gasteiger charge is 2.52. The molecule has 1 saturated heterocycles. The second kappa shape index (κ2) is 7.94. The van der Waals surface area contributed by atoms with Gasteiger partial charge in [0, 0.05) is 23.6 Å². The maximum absolute atomic E-state index is 13.4. The maximum atomic E-state index is 13.4.